The Balaban J connectivity index is 1.30. The molecule has 0 aliphatic rings. The lowest BCUT2D eigenvalue weighted by molar-refractivity contribution is -0.113. The molecule has 0 unspecified atom stereocenters. The molecule has 3 aromatic carbocycles. The number of carbonyl (C=O) groups is 1. The van der Waals surface area contributed by atoms with Crippen LogP contribution in [0.25, 0.3) is 0 Å². The summed E-state index contributed by atoms with van der Waals surface area (Å²) < 4.78 is 8.26. The van der Waals surface area contributed by atoms with Crippen molar-refractivity contribution in [3.63, 3.8) is 0 Å². The van der Waals surface area contributed by atoms with Gasteiger partial charge in [-0.2, -0.15) is 5.10 Å². The molecule has 0 atom stereocenters. The summed E-state index contributed by atoms with van der Waals surface area (Å²) in [5.74, 6) is 6.91. The monoisotopic (exact) mass is 633 g/mol. The number of nitrogen functional groups attached to an aromatic ring is 1. The summed E-state index contributed by atoms with van der Waals surface area (Å²) >= 11 is 9.31. The van der Waals surface area contributed by atoms with Crippen molar-refractivity contribution in [2.75, 3.05) is 22.3 Å². The van der Waals surface area contributed by atoms with E-state index in [1.54, 1.807) is 6.21 Å². The minimum Gasteiger partial charge on any atom is -0.488 e. The number of hydrogen-bond acceptors (Lipinski definition) is 8. The van der Waals surface area contributed by atoms with E-state index >= 15 is 0 Å². The largest absolute Gasteiger partial charge is 0.488 e. The first kappa shape index (κ1) is 25.8. The molecule has 4 N–H and O–H groups in total. The number of aromatic nitrogens is 3. The van der Waals surface area contributed by atoms with E-state index in [1.165, 1.54) is 16.4 Å². The van der Waals surface area contributed by atoms with Gasteiger partial charge in [-0.1, -0.05) is 47.6 Å². The summed E-state index contributed by atoms with van der Waals surface area (Å²) in [5, 5.41) is 16.1. The van der Waals surface area contributed by atoms with Crippen LogP contribution in [0.1, 0.15) is 11.1 Å². The van der Waals surface area contributed by atoms with Gasteiger partial charge < -0.3 is 15.9 Å². The molecule has 1 heterocycles. The number of anilines is 2. The molecule has 1 amide bonds. The number of hydrogen-bond donors (Lipinski definition) is 3. The Kier molecular flexibility index (Phi) is 9.03. The summed E-state index contributed by atoms with van der Waals surface area (Å²) in [6, 6.07) is 22.5. The third-order valence-corrected chi connectivity index (χ3v) is 6.63. The van der Waals surface area contributed by atoms with Gasteiger partial charge in [-0.15, -0.1) is 10.2 Å². The highest BCUT2D eigenvalue weighted by molar-refractivity contribution is 14.1. The molecule has 4 aromatic rings. The van der Waals surface area contributed by atoms with E-state index in [9.17, 15) is 4.79 Å². The number of benzene rings is 3. The van der Waals surface area contributed by atoms with Crippen molar-refractivity contribution in [2.24, 2.45) is 5.10 Å². The molecule has 0 saturated heterocycles. The summed E-state index contributed by atoms with van der Waals surface area (Å²) in [6.45, 7) is 0.393. The SMILES string of the molecule is Nn1c(N/N=C/c2ccccc2OCc2ccc(Cl)cc2)nnc1SCC(=O)Nc1ccc(I)cc1. The molecule has 12 heteroatoms. The molecule has 0 aliphatic heterocycles. The summed E-state index contributed by atoms with van der Waals surface area (Å²) in [5.41, 5.74) is 5.26. The minimum atomic E-state index is -0.174. The average molecular weight is 634 g/mol. The van der Waals surface area contributed by atoms with Gasteiger partial charge >= 0.3 is 0 Å². The van der Waals surface area contributed by atoms with Gasteiger partial charge in [-0.05, 0) is 76.7 Å². The average Bonchev–Trinajstić information content (AvgIpc) is 3.23. The molecule has 0 radical (unpaired) electrons. The third kappa shape index (κ3) is 7.35. The second kappa shape index (κ2) is 12.6. The van der Waals surface area contributed by atoms with E-state index in [2.05, 4.69) is 48.6 Å². The minimum absolute atomic E-state index is 0.128. The second-order valence-electron chi connectivity index (χ2n) is 7.34. The van der Waals surface area contributed by atoms with Crippen molar-refractivity contribution < 1.29 is 9.53 Å². The van der Waals surface area contributed by atoms with Crippen molar-refractivity contribution in [3.8, 4) is 5.75 Å². The number of hydrazone groups is 1. The van der Waals surface area contributed by atoms with Crippen LogP contribution in [-0.4, -0.2) is 32.7 Å². The van der Waals surface area contributed by atoms with E-state index in [1.807, 2.05) is 72.8 Å². The summed E-state index contributed by atoms with van der Waals surface area (Å²) in [6.07, 6.45) is 1.60. The molecule has 0 spiro atoms. The zero-order valence-corrected chi connectivity index (χ0v) is 22.5. The van der Waals surface area contributed by atoms with Crippen molar-refractivity contribution in [2.45, 2.75) is 11.8 Å². The van der Waals surface area contributed by atoms with Crippen LogP contribution >= 0.6 is 46.0 Å². The first-order valence-electron chi connectivity index (χ1n) is 10.6. The van der Waals surface area contributed by atoms with Gasteiger partial charge in [0, 0.05) is 19.8 Å². The predicted molar refractivity (Wildman–Crippen MR) is 152 cm³/mol. The number of nitrogens with one attached hydrogen (secondary N) is 2. The maximum atomic E-state index is 12.2. The quantitative estimate of drug-likeness (QED) is 0.0739. The van der Waals surface area contributed by atoms with Crippen molar-refractivity contribution in [1.82, 2.24) is 14.9 Å². The standard InChI is InChI=1S/C24H21ClIN7O2S/c25-18-7-5-16(6-8-18)14-35-21-4-2-1-3-17(21)13-28-30-23-31-32-24(33(23)27)36-15-22(34)29-20-11-9-19(26)10-12-20/h1-13H,14-15,27H2,(H,29,34)(H,30,31)/b28-13+. The Bertz CT molecular complexity index is 1350. The number of carbonyl (C=O) groups excluding carboxylic acids is 1. The number of amides is 1. The molecule has 0 aliphatic carbocycles. The zero-order chi connectivity index (χ0) is 25.3. The van der Waals surface area contributed by atoms with E-state index < -0.39 is 0 Å². The van der Waals surface area contributed by atoms with Crippen LogP contribution in [0.5, 0.6) is 5.75 Å². The molecule has 0 fully saturated rings. The first-order chi connectivity index (χ1) is 17.5. The zero-order valence-electron chi connectivity index (χ0n) is 18.8. The first-order valence-corrected chi connectivity index (χ1v) is 13.1. The van der Waals surface area contributed by atoms with Gasteiger partial charge in [0.15, 0.2) is 0 Å². The van der Waals surface area contributed by atoms with Gasteiger partial charge in [0.25, 0.3) is 5.95 Å². The van der Waals surface area contributed by atoms with E-state index in [-0.39, 0.29) is 17.6 Å². The summed E-state index contributed by atoms with van der Waals surface area (Å²) in [7, 11) is 0. The van der Waals surface area contributed by atoms with Crippen LogP contribution in [0, 0.1) is 3.57 Å². The third-order valence-electron chi connectivity index (χ3n) is 4.72. The lowest BCUT2D eigenvalue weighted by atomic mass is 10.2. The van der Waals surface area contributed by atoms with Gasteiger partial charge in [0.2, 0.25) is 11.1 Å². The van der Waals surface area contributed by atoms with Gasteiger partial charge in [0.1, 0.15) is 12.4 Å². The highest BCUT2D eigenvalue weighted by atomic mass is 127. The molecule has 36 heavy (non-hydrogen) atoms. The molecule has 0 saturated carbocycles. The van der Waals surface area contributed by atoms with Crippen molar-refractivity contribution >= 4 is 69.7 Å². The summed E-state index contributed by atoms with van der Waals surface area (Å²) in [4.78, 5) is 12.2. The number of nitrogens with zero attached hydrogens (tertiary/aromatic N) is 4. The Hall–Kier alpha value is -3.29. The van der Waals surface area contributed by atoms with Gasteiger partial charge in [-0.3, -0.25) is 4.79 Å². The van der Waals surface area contributed by atoms with Gasteiger partial charge in [-0.25, -0.2) is 10.1 Å². The fraction of sp³-hybridized carbons (Fsp3) is 0.0833. The Labute approximate surface area is 230 Å². The lowest BCUT2D eigenvalue weighted by Gasteiger charge is -2.09. The molecular weight excluding hydrogens is 613 g/mol. The number of thioether (sulfide) groups is 1. The number of para-hydroxylation sites is 1. The Morgan fingerprint density at radius 1 is 1.11 bits per heavy atom. The topological polar surface area (TPSA) is 119 Å². The fourth-order valence-corrected chi connectivity index (χ4v) is 4.07. The molecule has 1 aromatic heterocycles. The number of rotatable bonds is 10. The van der Waals surface area contributed by atoms with Gasteiger partial charge in [0.05, 0.1) is 12.0 Å². The molecule has 184 valence electrons. The number of halogens is 2. The Morgan fingerprint density at radius 3 is 2.64 bits per heavy atom. The highest BCUT2D eigenvalue weighted by Gasteiger charge is 2.12. The maximum absolute atomic E-state index is 12.2. The smallest absolute Gasteiger partial charge is 0.264 e. The maximum Gasteiger partial charge on any atom is 0.264 e. The van der Waals surface area contributed by atoms with Crippen LogP contribution in [0.3, 0.4) is 0 Å². The second-order valence-corrected chi connectivity index (χ2v) is 9.97. The Morgan fingerprint density at radius 2 is 1.86 bits per heavy atom. The van der Waals surface area contributed by atoms with Crippen LogP contribution < -0.4 is 21.3 Å². The molecule has 4 rings (SSSR count). The lowest BCUT2D eigenvalue weighted by Crippen LogP contribution is -2.16. The van der Waals surface area contributed by atoms with Crippen LogP contribution in [0.2, 0.25) is 5.02 Å². The van der Waals surface area contributed by atoms with E-state index in [0.29, 0.717) is 22.5 Å². The molecule has 0 bridgehead atoms. The van der Waals surface area contributed by atoms with Crippen LogP contribution in [0.15, 0.2) is 83.1 Å². The van der Waals surface area contributed by atoms with Crippen LogP contribution in [-0.2, 0) is 11.4 Å². The molecular formula is C24H21ClIN7O2S. The normalized spacial score (nSPS) is 10.9. The van der Waals surface area contributed by atoms with Crippen molar-refractivity contribution in [1.29, 1.82) is 0 Å². The predicted octanol–water partition coefficient (Wildman–Crippen LogP) is 5.01. The number of nitrogens with two attached hydrogens (primary N) is 1. The van der Waals surface area contributed by atoms with Crippen LogP contribution in [0.4, 0.5) is 11.6 Å². The van der Waals surface area contributed by atoms with E-state index in [4.69, 9.17) is 22.2 Å². The van der Waals surface area contributed by atoms with Crippen molar-refractivity contribution in [3.05, 3.63) is 92.5 Å². The fourth-order valence-electron chi connectivity index (χ4n) is 2.93. The molecule has 9 nitrogen and oxygen atoms in total. The van der Waals surface area contributed by atoms with E-state index in [0.717, 1.165) is 20.4 Å². The number of ether oxygens (including phenoxy) is 1. The highest BCUT2D eigenvalue weighted by Crippen LogP contribution is 2.20.